The molecule has 1 atom stereocenters. The van der Waals surface area contributed by atoms with Crippen molar-refractivity contribution >= 4 is 23.2 Å². The highest BCUT2D eigenvalue weighted by atomic mass is 16.2. The van der Waals surface area contributed by atoms with Gasteiger partial charge in [-0.25, -0.2) is 9.97 Å². The molecule has 0 saturated heterocycles. The van der Waals surface area contributed by atoms with Gasteiger partial charge in [-0.15, -0.1) is 0 Å². The van der Waals surface area contributed by atoms with Gasteiger partial charge in [-0.1, -0.05) is 25.1 Å². The van der Waals surface area contributed by atoms with Gasteiger partial charge >= 0.3 is 0 Å². The first-order valence-corrected chi connectivity index (χ1v) is 7.52. The second-order valence-electron chi connectivity index (χ2n) is 5.33. The van der Waals surface area contributed by atoms with Gasteiger partial charge in [0.25, 0.3) is 5.91 Å². The summed E-state index contributed by atoms with van der Waals surface area (Å²) in [6, 6.07) is 7.57. The smallest absolute Gasteiger partial charge is 0.269 e. The highest BCUT2D eigenvalue weighted by Crippen LogP contribution is 2.22. The summed E-state index contributed by atoms with van der Waals surface area (Å²) in [5.74, 6) is 0.646. The molecule has 2 rings (SSSR count). The fraction of sp³-hybridized carbons (Fsp3) is 0.312. The maximum absolute atomic E-state index is 12.2. The van der Waals surface area contributed by atoms with Crippen LogP contribution in [0.2, 0.25) is 0 Å². The molecule has 2 aromatic rings. The van der Waals surface area contributed by atoms with E-state index in [0.29, 0.717) is 22.9 Å². The summed E-state index contributed by atoms with van der Waals surface area (Å²) in [5.41, 5.74) is 13.2. The van der Waals surface area contributed by atoms with Gasteiger partial charge in [0, 0.05) is 11.6 Å². The van der Waals surface area contributed by atoms with Crippen molar-refractivity contribution in [2.24, 2.45) is 0 Å². The quantitative estimate of drug-likeness (QED) is 0.610. The number of aromatic nitrogens is 2. The Morgan fingerprint density at radius 1 is 1.26 bits per heavy atom. The molecule has 5 N–H and O–H groups in total. The highest BCUT2D eigenvalue weighted by Gasteiger charge is 2.12. The van der Waals surface area contributed by atoms with E-state index in [9.17, 15) is 4.79 Å². The molecular formula is C16H22N6O. The van der Waals surface area contributed by atoms with E-state index < -0.39 is 0 Å². The Morgan fingerprint density at radius 2 is 1.96 bits per heavy atom. The van der Waals surface area contributed by atoms with E-state index in [-0.39, 0.29) is 11.9 Å². The number of anilines is 3. The van der Waals surface area contributed by atoms with Crippen molar-refractivity contribution in [2.75, 3.05) is 16.5 Å². The Balaban J connectivity index is 2.07. The Hall–Kier alpha value is -2.83. The van der Waals surface area contributed by atoms with Crippen molar-refractivity contribution < 1.29 is 4.79 Å². The molecule has 0 aliphatic heterocycles. The number of hydrogen-bond donors (Lipinski definition) is 4. The summed E-state index contributed by atoms with van der Waals surface area (Å²) < 4.78 is 0. The van der Waals surface area contributed by atoms with Crippen LogP contribution >= 0.6 is 0 Å². The van der Waals surface area contributed by atoms with Gasteiger partial charge in [0.2, 0.25) is 0 Å². The molecule has 7 heteroatoms. The lowest BCUT2D eigenvalue weighted by molar-refractivity contribution is 0.0962. The van der Waals surface area contributed by atoms with E-state index in [2.05, 4.69) is 33.1 Å². The average Bonchev–Trinajstić information content (AvgIpc) is 2.55. The van der Waals surface area contributed by atoms with Crippen molar-refractivity contribution in [1.82, 2.24) is 15.4 Å². The first kappa shape index (κ1) is 16.5. The molecule has 1 amide bonds. The zero-order valence-electron chi connectivity index (χ0n) is 13.6. The summed E-state index contributed by atoms with van der Waals surface area (Å²) in [7, 11) is 0. The van der Waals surface area contributed by atoms with Crippen LogP contribution < -0.4 is 21.9 Å². The summed E-state index contributed by atoms with van der Waals surface area (Å²) >= 11 is 0. The zero-order valence-corrected chi connectivity index (χ0v) is 13.6. The highest BCUT2D eigenvalue weighted by molar-refractivity contribution is 5.96. The minimum absolute atomic E-state index is 0.238. The van der Waals surface area contributed by atoms with Gasteiger partial charge in [0.05, 0.1) is 0 Å². The van der Waals surface area contributed by atoms with Crippen LogP contribution in [-0.4, -0.2) is 21.9 Å². The van der Waals surface area contributed by atoms with E-state index in [1.165, 1.54) is 6.33 Å². The molecule has 0 spiro atoms. The number of nitrogens with two attached hydrogens (primary N) is 1. The first-order chi connectivity index (χ1) is 11.0. The molecule has 0 fully saturated rings. The minimum Gasteiger partial charge on any atom is -0.393 e. The third-order valence-corrected chi connectivity index (χ3v) is 3.56. The lowest BCUT2D eigenvalue weighted by Gasteiger charge is -2.16. The Kier molecular flexibility index (Phi) is 5.35. The molecule has 122 valence electrons. The third kappa shape index (κ3) is 4.09. The van der Waals surface area contributed by atoms with Crippen molar-refractivity contribution in [3.8, 4) is 0 Å². The molecule has 0 radical (unpaired) electrons. The van der Waals surface area contributed by atoms with E-state index in [1.54, 1.807) is 6.07 Å². The van der Waals surface area contributed by atoms with E-state index in [0.717, 1.165) is 12.0 Å². The largest absolute Gasteiger partial charge is 0.393 e. The molecule has 0 saturated carbocycles. The summed E-state index contributed by atoms with van der Waals surface area (Å²) in [4.78, 5) is 20.4. The molecule has 0 aliphatic carbocycles. The number of rotatable bonds is 6. The van der Waals surface area contributed by atoms with Crippen molar-refractivity contribution in [2.45, 2.75) is 33.2 Å². The topological polar surface area (TPSA) is 105 Å². The second-order valence-corrected chi connectivity index (χ2v) is 5.33. The molecule has 1 aromatic heterocycles. The number of nitrogens with zero attached hydrogens (tertiary/aromatic N) is 2. The first-order valence-electron chi connectivity index (χ1n) is 7.52. The molecule has 1 aromatic carbocycles. The van der Waals surface area contributed by atoms with Crippen molar-refractivity contribution in [3.05, 3.63) is 41.7 Å². The molecular weight excluding hydrogens is 292 g/mol. The molecule has 1 heterocycles. The lowest BCUT2D eigenvalue weighted by atomic mass is 10.1. The van der Waals surface area contributed by atoms with Crippen LogP contribution in [-0.2, 0) is 0 Å². The number of aryl methyl sites for hydroxylation is 1. The van der Waals surface area contributed by atoms with E-state index in [4.69, 9.17) is 5.73 Å². The number of hydrogen-bond acceptors (Lipinski definition) is 6. The molecule has 0 bridgehead atoms. The monoisotopic (exact) mass is 314 g/mol. The van der Waals surface area contributed by atoms with Crippen LogP contribution in [0.5, 0.6) is 0 Å². The maximum Gasteiger partial charge on any atom is 0.269 e. The normalized spacial score (nSPS) is 11.6. The van der Waals surface area contributed by atoms with Gasteiger partial charge in [-0.05, 0) is 31.9 Å². The number of carbonyl (C=O) groups is 1. The van der Waals surface area contributed by atoms with E-state index >= 15 is 0 Å². The van der Waals surface area contributed by atoms with E-state index in [1.807, 2.05) is 32.0 Å². The Bertz CT molecular complexity index is 688. The van der Waals surface area contributed by atoms with Crippen LogP contribution in [0, 0.1) is 6.92 Å². The molecule has 1 unspecified atom stereocenters. The van der Waals surface area contributed by atoms with Gasteiger partial charge in [0.1, 0.15) is 12.0 Å². The summed E-state index contributed by atoms with van der Waals surface area (Å²) in [5, 5.41) is 3.20. The van der Waals surface area contributed by atoms with Crippen LogP contribution in [0.4, 0.5) is 17.3 Å². The lowest BCUT2D eigenvalue weighted by Crippen LogP contribution is -2.31. The van der Waals surface area contributed by atoms with Crippen LogP contribution in [0.3, 0.4) is 0 Å². The summed E-state index contributed by atoms with van der Waals surface area (Å²) in [6.07, 6.45) is 2.33. The zero-order chi connectivity index (χ0) is 16.8. The fourth-order valence-electron chi connectivity index (χ4n) is 1.96. The number of amides is 1. The molecule has 7 nitrogen and oxygen atoms in total. The SMILES string of the molecule is CCC(C)Nc1ncnc(NNC(=O)c2ccccc2C)c1N. The maximum atomic E-state index is 12.2. The summed E-state index contributed by atoms with van der Waals surface area (Å²) in [6.45, 7) is 5.98. The standard InChI is InChI=1S/C16H22N6O/c1-4-11(3)20-14-13(17)15(19-9-18-14)21-22-16(23)12-8-6-5-7-10(12)2/h5-9,11H,4,17H2,1-3H3,(H,22,23)(H2,18,19,20,21). The Labute approximate surface area is 135 Å². The average molecular weight is 314 g/mol. The fourth-order valence-corrected chi connectivity index (χ4v) is 1.96. The van der Waals surface area contributed by atoms with Crippen molar-refractivity contribution in [3.63, 3.8) is 0 Å². The predicted molar refractivity (Wildman–Crippen MR) is 92.1 cm³/mol. The van der Waals surface area contributed by atoms with Crippen LogP contribution in [0.1, 0.15) is 36.2 Å². The van der Waals surface area contributed by atoms with Crippen LogP contribution in [0.25, 0.3) is 0 Å². The number of carbonyl (C=O) groups excluding carboxylic acids is 1. The Morgan fingerprint density at radius 3 is 2.65 bits per heavy atom. The van der Waals surface area contributed by atoms with Crippen LogP contribution in [0.15, 0.2) is 30.6 Å². The van der Waals surface area contributed by atoms with Gasteiger partial charge in [0.15, 0.2) is 11.6 Å². The molecule has 0 aliphatic rings. The second kappa shape index (κ2) is 7.44. The number of hydrazine groups is 1. The van der Waals surface area contributed by atoms with Gasteiger partial charge in [-0.3, -0.25) is 15.6 Å². The number of nitrogen functional groups attached to an aromatic ring is 1. The van der Waals surface area contributed by atoms with Gasteiger partial charge < -0.3 is 11.1 Å². The third-order valence-electron chi connectivity index (χ3n) is 3.56. The van der Waals surface area contributed by atoms with Gasteiger partial charge in [-0.2, -0.15) is 0 Å². The predicted octanol–water partition coefficient (Wildman–Crippen LogP) is 2.33. The van der Waals surface area contributed by atoms with Crippen molar-refractivity contribution in [1.29, 1.82) is 0 Å². The number of nitrogens with one attached hydrogen (secondary N) is 3. The molecule has 23 heavy (non-hydrogen) atoms. The number of benzene rings is 1. The minimum atomic E-state index is -0.252.